The monoisotopic (exact) mass is 180 g/mol. The topological polar surface area (TPSA) is 74.0 Å². The van der Waals surface area contributed by atoms with Gasteiger partial charge in [0.05, 0.1) is 12.3 Å². The molecule has 0 bridgehead atoms. The number of aromatic carboxylic acids is 1. The smallest absolute Gasteiger partial charge is 0.347 e. The van der Waals surface area contributed by atoms with E-state index in [0.29, 0.717) is 5.01 Å². The lowest BCUT2D eigenvalue weighted by Crippen LogP contribution is -1.89. The predicted octanol–water partition coefficient (Wildman–Crippen LogP) is 1.38. The van der Waals surface area contributed by atoms with Crippen LogP contribution in [-0.4, -0.2) is 16.1 Å². The summed E-state index contributed by atoms with van der Waals surface area (Å²) in [6.45, 7) is 0. The van der Waals surface area contributed by atoms with Crippen molar-refractivity contribution in [3.8, 4) is 6.07 Å². The van der Waals surface area contributed by atoms with E-state index in [9.17, 15) is 4.79 Å². The Balaban J connectivity index is 2.86. The zero-order chi connectivity index (χ0) is 8.97. The van der Waals surface area contributed by atoms with E-state index in [1.807, 2.05) is 0 Å². The highest BCUT2D eigenvalue weighted by Crippen LogP contribution is 2.13. The molecule has 0 aliphatic rings. The summed E-state index contributed by atoms with van der Waals surface area (Å²) in [6, 6.07) is 1.79. The molecule has 12 heavy (non-hydrogen) atoms. The van der Waals surface area contributed by atoms with E-state index in [0.717, 1.165) is 11.3 Å². The van der Waals surface area contributed by atoms with Crippen molar-refractivity contribution in [2.75, 3.05) is 0 Å². The van der Waals surface area contributed by atoms with Gasteiger partial charge in [-0.05, 0) is 6.08 Å². The lowest BCUT2D eigenvalue weighted by molar-refractivity contribution is 0.0702. The number of thiazole rings is 1. The fraction of sp³-hybridized carbons (Fsp3) is 0. The van der Waals surface area contributed by atoms with Crippen LogP contribution in [0, 0.1) is 11.3 Å². The highest BCUT2D eigenvalue weighted by Gasteiger charge is 2.05. The molecule has 0 unspecified atom stereocenters. The predicted molar refractivity (Wildman–Crippen MR) is 43.7 cm³/mol. The molecule has 0 amide bonds. The average molecular weight is 180 g/mol. The minimum absolute atomic E-state index is 0.174. The van der Waals surface area contributed by atoms with E-state index >= 15 is 0 Å². The number of carboxylic acid groups (broad SMARTS) is 1. The zero-order valence-corrected chi connectivity index (χ0v) is 6.71. The summed E-state index contributed by atoms with van der Waals surface area (Å²) in [5.41, 5.74) is 0. The third-order valence-electron chi connectivity index (χ3n) is 1.03. The Bertz CT molecular complexity index is 362. The lowest BCUT2D eigenvalue weighted by atomic mass is 10.5. The summed E-state index contributed by atoms with van der Waals surface area (Å²) in [4.78, 5) is 14.3. The van der Waals surface area contributed by atoms with Crippen molar-refractivity contribution in [1.29, 1.82) is 5.26 Å². The molecule has 1 rings (SSSR count). The van der Waals surface area contributed by atoms with Crippen LogP contribution >= 0.6 is 11.3 Å². The van der Waals surface area contributed by atoms with Gasteiger partial charge in [-0.1, -0.05) is 0 Å². The van der Waals surface area contributed by atoms with Crippen LogP contribution in [0.4, 0.5) is 0 Å². The van der Waals surface area contributed by atoms with Gasteiger partial charge in [0.2, 0.25) is 0 Å². The van der Waals surface area contributed by atoms with E-state index in [1.165, 1.54) is 18.3 Å². The van der Waals surface area contributed by atoms with Crippen molar-refractivity contribution in [3.63, 3.8) is 0 Å². The normalized spacial score (nSPS) is 9.92. The number of rotatable bonds is 2. The maximum atomic E-state index is 10.4. The third kappa shape index (κ3) is 1.90. The summed E-state index contributed by atoms with van der Waals surface area (Å²) in [5, 5.41) is 17.2. The van der Waals surface area contributed by atoms with Crippen LogP contribution in [0.15, 0.2) is 12.3 Å². The molecule has 0 saturated carbocycles. The van der Waals surface area contributed by atoms with Crippen LogP contribution in [0.1, 0.15) is 14.7 Å². The van der Waals surface area contributed by atoms with Gasteiger partial charge in [-0.25, -0.2) is 9.78 Å². The first-order valence-electron chi connectivity index (χ1n) is 2.99. The van der Waals surface area contributed by atoms with Gasteiger partial charge in [0.1, 0.15) is 9.88 Å². The van der Waals surface area contributed by atoms with Crippen molar-refractivity contribution in [1.82, 2.24) is 4.98 Å². The quantitative estimate of drug-likeness (QED) is 0.697. The molecule has 0 atom stereocenters. The molecule has 0 spiro atoms. The van der Waals surface area contributed by atoms with Crippen LogP contribution in [0.25, 0.3) is 6.08 Å². The number of aromatic nitrogens is 1. The molecular weight excluding hydrogens is 176 g/mol. The summed E-state index contributed by atoms with van der Waals surface area (Å²) in [5.74, 6) is -0.996. The molecule has 5 heteroatoms. The van der Waals surface area contributed by atoms with Crippen LogP contribution in [0.3, 0.4) is 0 Å². The summed E-state index contributed by atoms with van der Waals surface area (Å²) < 4.78 is 0. The third-order valence-corrected chi connectivity index (χ3v) is 1.99. The minimum Gasteiger partial charge on any atom is -0.477 e. The first-order valence-corrected chi connectivity index (χ1v) is 3.81. The number of hydrogen-bond acceptors (Lipinski definition) is 4. The second-order valence-electron chi connectivity index (χ2n) is 1.83. The highest BCUT2D eigenvalue weighted by atomic mass is 32.1. The minimum atomic E-state index is -0.996. The molecule has 60 valence electrons. The fourth-order valence-corrected chi connectivity index (χ4v) is 1.23. The average Bonchev–Trinajstić information content (AvgIpc) is 2.48. The highest BCUT2D eigenvalue weighted by molar-refractivity contribution is 7.14. The van der Waals surface area contributed by atoms with Crippen molar-refractivity contribution in [2.45, 2.75) is 0 Å². The van der Waals surface area contributed by atoms with Crippen LogP contribution in [0.5, 0.6) is 0 Å². The van der Waals surface area contributed by atoms with Gasteiger partial charge >= 0.3 is 5.97 Å². The Morgan fingerprint density at radius 1 is 1.83 bits per heavy atom. The van der Waals surface area contributed by atoms with E-state index in [-0.39, 0.29) is 4.88 Å². The number of carbonyl (C=O) groups is 1. The van der Waals surface area contributed by atoms with Crippen LogP contribution in [0.2, 0.25) is 0 Å². The number of nitriles is 1. The molecule has 4 nitrogen and oxygen atoms in total. The standard InChI is InChI=1S/C7H4N2O2S/c8-3-1-2-6-9-4-5(12-6)7(10)11/h1-2,4H,(H,10,11). The molecular formula is C7H4N2O2S. The second kappa shape index (κ2) is 3.64. The number of allylic oxidation sites excluding steroid dienone is 1. The van der Waals surface area contributed by atoms with Gasteiger partial charge in [0.25, 0.3) is 0 Å². The van der Waals surface area contributed by atoms with E-state index < -0.39 is 5.97 Å². The van der Waals surface area contributed by atoms with Crippen LogP contribution in [-0.2, 0) is 0 Å². The Hall–Kier alpha value is -1.67. The van der Waals surface area contributed by atoms with Gasteiger partial charge < -0.3 is 5.11 Å². The maximum Gasteiger partial charge on any atom is 0.347 e. The second-order valence-corrected chi connectivity index (χ2v) is 2.89. The summed E-state index contributed by atoms with van der Waals surface area (Å²) in [6.07, 6.45) is 3.99. The van der Waals surface area contributed by atoms with Crippen LogP contribution < -0.4 is 0 Å². The molecule has 1 aromatic heterocycles. The molecule has 0 aliphatic carbocycles. The van der Waals surface area contributed by atoms with E-state index in [2.05, 4.69) is 4.98 Å². The SMILES string of the molecule is N#CC=Cc1ncc(C(=O)O)s1. The van der Waals surface area contributed by atoms with Gasteiger partial charge in [0.15, 0.2) is 0 Å². The van der Waals surface area contributed by atoms with Crippen molar-refractivity contribution >= 4 is 23.4 Å². The molecule has 0 saturated heterocycles. The number of hydrogen-bond donors (Lipinski definition) is 1. The van der Waals surface area contributed by atoms with E-state index in [4.69, 9.17) is 10.4 Å². The van der Waals surface area contributed by atoms with Gasteiger partial charge in [-0.3, -0.25) is 0 Å². The van der Waals surface area contributed by atoms with Crippen molar-refractivity contribution in [2.24, 2.45) is 0 Å². The summed E-state index contributed by atoms with van der Waals surface area (Å²) in [7, 11) is 0. The largest absolute Gasteiger partial charge is 0.477 e. The Labute approximate surface area is 72.4 Å². The summed E-state index contributed by atoms with van der Waals surface area (Å²) >= 11 is 1.03. The molecule has 1 aromatic rings. The Kier molecular flexibility index (Phi) is 2.56. The van der Waals surface area contributed by atoms with E-state index in [1.54, 1.807) is 6.07 Å². The van der Waals surface area contributed by atoms with Gasteiger partial charge in [0, 0.05) is 6.08 Å². The molecule has 0 radical (unpaired) electrons. The van der Waals surface area contributed by atoms with Crippen molar-refractivity contribution in [3.05, 3.63) is 22.2 Å². The maximum absolute atomic E-state index is 10.4. The van der Waals surface area contributed by atoms with Gasteiger partial charge in [-0.15, -0.1) is 11.3 Å². The molecule has 0 aromatic carbocycles. The first-order chi connectivity index (χ1) is 5.74. The number of carboxylic acids is 1. The molecule has 0 fully saturated rings. The number of nitrogens with zero attached hydrogens (tertiary/aromatic N) is 2. The molecule has 0 aliphatic heterocycles. The Morgan fingerprint density at radius 3 is 3.08 bits per heavy atom. The molecule has 1 heterocycles. The zero-order valence-electron chi connectivity index (χ0n) is 5.89. The van der Waals surface area contributed by atoms with Gasteiger partial charge in [-0.2, -0.15) is 5.26 Å². The fourth-order valence-electron chi connectivity index (χ4n) is 0.572. The lowest BCUT2D eigenvalue weighted by Gasteiger charge is -1.79. The van der Waals surface area contributed by atoms with Crippen molar-refractivity contribution < 1.29 is 9.90 Å². The molecule has 1 N–H and O–H groups in total. The first kappa shape index (κ1) is 8.43. The Morgan fingerprint density at radius 2 is 2.58 bits per heavy atom.